The molecule has 94 valence electrons. The fourth-order valence-electron chi connectivity index (χ4n) is 2.42. The predicted molar refractivity (Wildman–Crippen MR) is 82.8 cm³/mol. The van der Waals surface area contributed by atoms with Gasteiger partial charge in [0.15, 0.2) is 0 Å². The van der Waals surface area contributed by atoms with E-state index in [-0.39, 0.29) is 0 Å². The first-order valence-corrected chi connectivity index (χ1v) is 8.01. The zero-order chi connectivity index (χ0) is 12.5. The van der Waals surface area contributed by atoms with Gasteiger partial charge in [0.1, 0.15) is 0 Å². The Labute approximate surface area is 124 Å². The molecule has 0 saturated heterocycles. The first-order chi connectivity index (χ1) is 8.72. The third-order valence-electron chi connectivity index (χ3n) is 3.27. The van der Waals surface area contributed by atoms with E-state index in [0.717, 1.165) is 10.7 Å². The first kappa shape index (κ1) is 12.5. The smallest absolute Gasteiger partial charge is 0.0705 e. The molecule has 0 aliphatic heterocycles. The highest BCUT2D eigenvalue weighted by atomic mass is 79.9. The summed E-state index contributed by atoms with van der Waals surface area (Å²) in [6, 6.07) is 10.6. The molecule has 18 heavy (non-hydrogen) atoms. The van der Waals surface area contributed by atoms with E-state index in [2.05, 4.69) is 27.3 Å². The Balaban J connectivity index is 1.83. The quantitative estimate of drug-likeness (QED) is 0.743. The molecule has 0 amide bonds. The maximum atomic E-state index is 5.91. The van der Waals surface area contributed by atoms with Gasteiger partial charge in [-0.25, -0.2) is 0 Å². The monoisotopic (exact) mass is 341 g/mol. The molecular formula is C14H13BrClNS. The second-order valence-electron chi connectivity index (χ2n) is 4.53. The van der Waals surface area contributed by atoms with E-state index in [1.54, 1.807) is 0 Å². The van der Waals surface area contributed by atoms with Crippen molar-refractivity contribution in [2.75, 3.05) is 5.32 Å². The van der Waals surface area contributed by atoms with E-state index < -0.39 is 0 Å². The lowest BCUT2D eigenvalue weighted by Gasteiger charge is -2.24. The summed E-state index contributed by atoms with van der Waals surface area (Å²) >= 11 is 11.4. The van der Waals surface area contributed by atoms with Crippen LogP contribution in [0, 0.1) is 0 Å². The summed E-state index contributed by atoms with van der Waals surface area (Å²) in [5.41, 5.74) is 2.59. The van der Waals surface area contributed by atoms with Crippen LogP contribution in [0.3, 0.4) is 0 Å². The van der Waals surface area contributed by atoms with Crippen LogP contribution in [0.15, 0.2) is 34.1 Å². The van der Waals surface area contributed by atoms with E-state index in [4.69, 9.17) is 11.6 Å². The van der Waals surface area contributed by atoms with Gasteiger partial charge < -0.3 is 5.32 Å². The van der Waals surface area contributed by atoms with Crippen molar-refractivity contribution in [1.29, 1.82) is 0 Å². The number of hydrogen-bond acceptors (Lipinski definition) is 2. The van der Waals surface area contributed by atoms with Crippen LogP contribution < -0.4 is 5.32 Å². The molecule has 1 atom stereocenters. The third-order valence-corrected chi connectivity index (χ3v) is 5.23. The molecule has 0 bridgehead atoms. The lowest BCUT2D eigenvalue weighted by Crippen LogP contribution is -2.15. The van der Waals surface area contributed by atoms with E-state index in [9.17, 15) is 0 Å². The van der Waals surface area contributed by atoms with Crippen LogP contribution in [0.1, 0.15) is 29.3 Å². The summed E-state index contributed by atoms with van der Waals surface area (Å²) < 4.78 is 1.23. The fraction of sp³-hybridized carbons (Fsp3) is 0.286. The summed E-state index contributed by atoms with van der Waals surface area (Å²) in [5, 5.41) is 4.39. The number of aryl methyl sites for hydroxylation is 1. The molecule has 0 fully saturated rings. The number of fused-ring (bicyclic) bond motifs is 1. The van der Waals surface area contributed by atoms with Gasteiger partial charge in [0, 0.05) is 15.6 Å². The minimum absolute atomic E-state index is 0.428. The Morgan fingerprint density at radius 3 is 2.83 bits per heavy atom. The third kappa shape index (κ3) is 2.58. The molecule has 4 heteroatoms. The van der Waals surface area contributed by atoms with Gasteiger partial charge in [-0.05, 0) is 71.1 Å². The van der Waals surface area contributed by atoms with E-state index in [1.807, 2.05) is 35.6 Å². The standard InChI is InChI=1S/C14H13BrClNS/c15-14-8-11-12(2-1-3-13(11)18-14)17-10-6-4-9(16)5-7-10/h4-8,12,17H,1-3H2. The highest BCUT2D eigenvalue weighted by Crippen LogP contribution is 2.39. The first-order valence-electron chi connectivity index (χ1n) is 6.02. The van der Waals surface area contributed by atoms with Crippen LogP contribution in [0.2, 0.25) is 5.02 Å². The van der Waals surface area contributed by atoms with Crippen molar-refractivity contribution in [2.24, 2.45) is 0 Å². The van der Waals surface area contributed by atoms with Gasteiger partial charge in [-0.15, -0.1) is 11.3 Å². The number of halogens is 2. The van der Waals surface area contributed by atoms with Crippen LogP contribution in [0.4, 0.5) is 5.69 Å². The lowest BCUT2D eigenvalue weighted by atomic mass is 9.94. The van der Waals surface area contributed by atoms with Crippen molar-refractivity contribution in [3.05, 3.63) is 49.6 Å². The molecule has 1 aliphatic rings. The predicted octanol–water partition coefficient (Wildman–Crippen LogP) is 5.65. The molecule has 1 aromatic heterocycles. The van der Waals surface area contributed by atoms with Gasteiger partial charge in [0.2, 0.25) is 0 Å². The molecule has 1 N–H and O–H groups in total. The van der Waals surface area contributed by atoms with Crippen molar-refractivity contribution >= 4 is 44.6 Å². The summed E-state index contributed by atoms with van der Waals surface area (Å²) in [7, 11) is 0. The van der Waals surface area contributed by atoms with Crippen LogP contribution >= 0.6 is 38.9 Å². The van der Waals surface area contributed by atoms with E-state index >= 15 is 0 Å². The molecule has 1 heterocycles. The number of rotatable bonds is 2. The zero-order valence-corrected chi connectivity index (χ0v) is 12.9. The summed E-state index contributed by atoms with van der Waals surface area (Å²) in [6.45, 7) is 0. The largest absolute Gasteiger partial charge is 0.378 e. The van der Waals surface area contributed by atoms with Crippen LogP contribution in [-0.2, 0) is 6.42 Å². The van der Waals surface area contributed by atoms with Crippen molar-refractivity contribution in [2.45, 2.75) is 25.3 Å². The van der Waals surface area contributed by atoms with Crippen molar-refractivity contribution in [3.63, 3.8) is 0 Å². The molecule has 3 rings (SSSR count). The minimum Gasteiger partial charge on any atom is -0.378 e. The van der Waals surface area contributed by atoms with Crippen LogP contribution in [0.5, 0.6) is 0 Å². The van der Waals surface area contributed by atoms with Crippen LogP contribution in [0.25, 0.3) is 0 Å². The molecule has 0 spiro atoms. The molecule has 1 aromatic carbocycles. The number of nitrogens with one attached hydrogen (secondary N) is 1. The number of benzene rings is 1. The van der Waals surface area contributed by atoms with Gasteiger partial charge in [0.25, 0.3) is 0 Å². The average molecular weight is 343 g/mol. The Morgan fingerprint density at radius 2 is 2.06 bits per heavy atom. The normalized spacial score (nSPS) is 18.4. The fourth-order valence-corrected chi connectivity index (χ4v) is 4.36. The highest BCUT2D eigenvalue weighted by molar-refractivity contribution is 9.11. The van der Waals surface area contributed by atoms with Gasteiger partial charge in [-0.3, -0.25) is 0 Å². The lowest BCUT2D eigenvalue weighted by molar-refractivity contribution is 0.609. The number of thiophene rings is 1. The maximum absolute atomic E-state index is 5.91. The van der Waals surface area contributed by atoms with E-state index in [0.29, 0.717) is 6.04 Å². The van der Waals surface area contributed by atoms with Crippen molar-refractivity contribution < 1.29 is 0 Å². The van der Waals surface area contributed by atoms with Gasteiger partial charge in [0.05, 0.1) is 9.83 Å². The Hall–Kier alpha value is -0.510. The zero-order valence-electron chi connectivity index (χ0n) is 9.75. The molecule has 1 nitrogen and oxygen atoms in total. The Bertz CT molecular complexity index is 549. The number of hydrogen-bond donors (Lipinski definition) is 1. The molecule has 0 saturated carbocycles. The average Bonchev–Trinajstić information content (AvgIpc) is 2.73. The second kappa shape index (κ2) is 5.24. The topological polar surface area (TPSA) is 12.0 Å². The van der Waals surface area contributed by atoms with Gasteiger partial charge in [-0.2, -0.15) is 0 Å². The second-order valence-corrected chi connectivity index (χ2v) is 7.48. The number of anilines is 1. The molecule has 1 aliphatic carbocycles. The van der Waals surface area contributed by atoms with Crippen molar-refractivity contribution in [3.8, 4) is 0 Å². The molecule has 1 unspecified atom stereocenters. The summed E-state index contributed by atoms with van der Waals surface area (Å²) in [6.07, 6.45) is 3.66. The molecule has 2 aromatic rings. The van der Waals surface area contributed by atoms with Gasteiger partial charge >= 0.3 is 0 Å². The Morgan fingerprint density at radius 1 is 1.28 bits per heavy atom. The summed E-state index contributed by atoms with van der Waals surface area (Å²) in [4.78, 5) is 1.51. The van der Waals surface area contributed by atoms with Gasteiger partial charge in [-0.1, -0.05) is 11.6 Å². The highest BCUT2D eigenvalue weighted by Gasteiger charge is 2.22. The molecule has 0 radical (unpaired) electrons. The maximum Gasteiger partial charge on any atom is 0.0705 e. The molecular weight excluding hydrogens is 330 g/mol. The van der Waals surface area contributed by atoms with E-state index in [1.165, 1.54) is 33.5 Å². The summed E-state index contributed by atoms with van der Waals surface area (Å²) in [5.74, 6) is 0. The minimum atomic E-state index is 0.428. The SMILES string of the molecule is Clc1ccc(NC2CCCc3sc(Br)cc32)cc1. The van der Waals surface area contributed by atoms with Crippen molar-refractivity contribution in [1.82, 2.24) is 0 Å². The van der Waals surface area contributed by atoms with Crippen LogP contribution in [-0.4, -0.2) is 0 Å². The Kier molecular flexibility index (Phi) is 3.64.